The van der Waals surface area contributed by atoms with Gasteiger partial charge in [-0.15, -0.1) is 0 Å². The largest absolute Gasteiger partial charge is 0.492 e. The molecule has 1 aromatic carbocycles. The summed E-state index contributed by atoms with van der Waals surface area (Å²) in [6, 6.07) is 10.1. The van der Waals surface area contributed by atoms with E-state index in [2.05, 4.69) is 38.1 Å². The molecule has 0 saturated heterocycles. The first-order valence-electron chi connectivity index (χ1n) is 7.76. The lowest BCUT2D eigenvalue weighted by molar-refractivity contribution is 0.328. The molecule has 0 aliphatic heterocycles. The lowest BCUT2D eigenvalue weighted by atomic mass is 10.1. The number of fused-ring (bicyclic) bond motifs is 1. The fraction of sp³-hybridized carbons (Fsp3) is 0.235. The van der Waals surface area contributed by atoms with Gasteiger partial charge in [0.05, 0.1) is 18.4 Å². The topological polar surface area (TPSA) is 115 Å². The average molecular weight is 324 g/mol. The number of H-pyrrole nitrogens is 1. The van der Waals surface area contributed by atoms with Crippen molar-refractivity contribution in [3.8, 4) is 5.75 Å². The zero-order valence-corrected chi connectivity index (χ0v) is 13.3. The lowest BCUT2D eigenvalue weighted by Crippen LogP contribution is -2.23. The van der Waals surface area contributed by atoms with Crippen molar-refractivity contribution in [3.63, 3.8) is 0 Å². The lowest BCUT2D eigenvalue weighted by Gasteiger charge is -2.06. The first-order chi connectivity index (χ1) is 11.7. The highest BCUT2D eigenvalue weighted by Crippen LogP contribution is 2.15. The van der Waals surface area contributed by atoms with Gasteiger partial charge in [-0.3, -0.25) is 4.99 Å². The molecule has 7 heteroatoms. The molecule has 0 radical (unpaired) electrons. The predicted molar refractivity (Wildman–Crippen MR) is 93.9 cm³/mol. The number of hydrogen-bond acceptors (Lipinski definition) is 4. The molecule has 0 amide bonds. The average Bonchev–Trinajstić information content (AvgIpc) is 3.05. The molecular formula is C17H20N6O. The second-order valence-electron chi connectivity index (χ2n) is 5.42. The van der Waals surface area contributed by atoms with Gasteiger partial charge in [0.25, 0.3) is 0 Å². The van der Waals surface area contributed by atoms with Gasteiger partial charge < -0.3 is 21.2 Å². The highest BCUT2D eigenvalue weighted by atomic mass is 16.5. The highest BCUT2D eigenvalue weighted by molar-refractivity contribution is 5.75. The Morgan fingerprint density at radius 1 is 1.08 bits per heavy atom. The van der Waals surface area contributed by atoms with Crippen LogP contribution in [-0.4, -0.2) is 34.1 Å². The van der Waals surface area contributed by atoms with E-state index in [9.17, 15) is 0 Å². The number of nitrogens with zero attached hydrogens (tertiary/aromatic N) is 3. The summed E-state index contributed by atoms with van der Waals surface area (Å²) in [4.78, 5) is 15.4. The molecule has 124 valence electrons. The van der Waals surface area contributed by atoms with E-state index >= 15 is 0 Å². The van der Waals surface area contributed by atoms with E-state index in [0.717, 1.165) is 29.8 Å². The van der Waals surface area contributed by atoms with Crippen LogP contribution in [0.3, 0.4) is 0 Å². The van der Waals surface area contributed by atoms with E-state index in [1.165, 1.54) is 11.1 Å². The SMILES string of the molecule is NC(N)=NCCOc1ccc(CCc2cnc3nc[nH]c3c2)cc1. The monoisotopic (exact) mass is 324 g/mol. The molecule has 2 heterocycles. The molecule has 0 aliphatic carbocycles. The standard InChI is InChI=1S/C17H20N6O/c18-17(19)20-7-8-24-14-5-3-12(4-6-14)1-2-13-9-15-16(21-10-13)23-11-22-15/h3-6,9-11H,1-2,7-8H2,(H4,18,19,20)(H,21,22,23). The molecule has 5 N–H and O–H groups in total. The van der Waals surface area contributed by atoms with Crippen molar-refractivity contribution in [3.05, 3.63) is 54.0 Å². The third-order valence-electron chi connectivity index (χ3n) is 3.61. The van der Waals surface area contributed by atoms with Crippen LogP contribution in [-0.2, 0) is 12.8 Å². The third-order valence-corrected chi connectivity index (χ3v) is 3.61. The summed E-state index contributed by atoms with van der Waals surface area (Å²) >= 11 is 0. The van der Waals surface area contributed by atoms with E-state index < -0.39 is 0 Å². The van der Waals surface area contributed by atoms with Gasteiger partial charge >= 0.3 is 0 Å². The number of guanidine groups is 1. The Morgan fingerprint density at radius 3 is 2.67 bits per heavy atom. The van der Waals surface area contributed by atoms with Crippen LogP contribution in [0.15, 0.2) is 47.8 Å². The van der Waals surface area contributed by atoms with E-state index in [4.69, 9.17) is 16.2 Å². The predicted octanol–water partition coefficient (Wildman–Crippen LogP) is 1.40. The molecule has 0 saturated carbocycles. The molecule has 0 bridgehead atoms. The van der Waals surface area contributed by atoms with Crippen molar-refractivity contribution >= 4 is 17.1 Å². The number of ether oxygens (including phenoxy) is 1. The number of aliphatic imine (C=N–C) groups is 1. The van der Waals surface area contributed by atoms with Crippen LogP contribution >= 0.6 is 0 Å². The van der Waals surface area contributed by atoms with E-state index in [-0.39, 0.29) is 5.96 Å². The Morgan fingerprint density at radius 2 is 1.88 bits per heavy atom. The van der Waals surface area contributed by atoms with Gasteiger partial charge in [0.15, 0.2) is 11.6 Å². The van der Waals surface area contributed by atoms with E-state index in [1.54, 1.807) is 6.33 Å². The summed E-state index contributed by atoms with van der Waals surface area (Å²) in [5.41, 5.74) is 14.7. The van der Waals surface area contributed by atoms with Gasteiger partial charge in [-0.1, -0.05) is 12.1 Å². The van der Waals surface area contributed by atoms with E-state index in [1.807, 2.05) is 18.3 Å². The van der Waals surface area contributed by atoms with Crippen molar-refractivity contribution in [2.75, 3.05) is 13.2 Å². The number of nitrogens with two attached hydrogens (primary N) is 2. The minimum atomic E-state index is 0.0803. The number of aromatic amines is 1. The molecular weight excluding hydrogens is 304 g/mol. The van der Waals surface area contributed by atoms with Crippen LogP contribution in [0.25, 0.3) is 11.2 Å². The molecule has 0 unspecified atom stereocenters. The maximum Gasteiger partial charge on any atom is 0.186 e. The Hall–Kier alpha value is -3.09. The number of rotatable bonds is 7. The first kappa shape index (κ1) is 15.8. The maximum absolute atomic E-state index is 5.57. The molecule has 7 nitrogen and oxygen atoms in total. The Labute approximate surface area is 139 Å². The molecule has 0 atom stereocenters. The summed E-state index contributed by atoms with van der Waals surface area (Å²) in [6.45, 7) is 0.903. The number of benzene rings is 1. The number of hydrogen-bond donors (Lipinski definition) is 3. The van der Waals surface area contributed by atoms with Crippen molar-refractivity contribution in [1.82, 2.24) is 15.0 Å². The van der Waals surface area contributed by atoms with Gasteiger partial charge in [0.1, 0.15) is 12.4 Å². The van der Waals surface area contributed by atoms with Crippen molar-refractivity contribution in [1.29, 1.82) is 0 Å². The fourth-order valence-electron chi connectivity index (χ4n) is 2.39. The minimum absolute atomic E-state index is 0.0803. The van der Waals surface area contributed by atoms with E-state index in [0.29, 0.717) is 13.2 Å². The fourth-order valence-corrected chi connectivity index (χ4v) is 2.39. The molecule has 2 aromatic heterocycles. The minimum Gasteiger partial charge on any atom is -0.492 e. The second kappa shape index (κ2) is 7.45. The van der Waals surface area contributed by atoms with Crippen LogP contribution in [0, 0.1) is 0 Å². The number of nitrogens with one attached hydrogen (secondary N) is 1. The second-order valence-corrected chi connectivity index (χ2v) is 5.42. The molecule has 0 spiro atoms. The molecule has 3 rings (SSSR count). The van der Waals surface area contributed by atoms with Crippen LogP contribution < -0.4 is 16.2 Å². The van der Waals surface area contributed by atoms with Crippen LogP contribution in [0.1, 0.15) is 11.1 Å². The summed E-state index contributed by atoms with van der Waals surface area (Å²) in [7, 11) is 0. The normalized spacial score (nSPS) is 10.7. The van der Waals surface area contributed by atoms with Crippen molar-refractivity contribution in [2.45, 2.75) is 12.8 Å². The zero-order chi connectivity index (χ0) is 16.8. The van der Waals surface area contributed by atoms with Gasteiger partial charge in [-0.05, 0) is 42.2 Å². The Bertz CT molecular complexity index is 820. The maximum atomic E-state index is 5.57. The quantitative estimate of drug-likeness (QED) is 0.345. The molecule has 3 aromatic rings. The van der Waals surface area contributed by atoms with Gasteiger partial charge in [0, 0.05) is 6.20 Å². The molecule has 24 heavy (non-hydrogen) atoms. The van der Waals surface area contributed by atoms with Crippen LogP contribution in [0.4, 0.5) is 0 Å². The summed E-state index contributed by atoms with van der Waals surface area (Å²) in [6.07, 6.45) is 5.40. The van der Waals surface area contributed by atoms with Crippen LogP contribution in [0.5, 0.6) is 5.75 Å². The smallest absolute Gasteiger partial charge is 0.186 e. The molecule has 0 aliphatic rings. The van der Waals surface area contributed by atoms with Crippen molar-refractivity contribution in [2.24, 2.45) is 16.5 Å². The summed E-state index contributed by atoms with van der Waals surface area (Å²) < 4.78 is 5.57. The summed E-state index contributed by atoms with van der Waals surface area (Å²) in [5, 5.41) is 0. The Balaban J connectivity index is 1.51. The highest BCUT2D eigenvalue weighted by Gasteiger charge is 2.01. The van der Waals surface area contributed by atoms with Gasteiger partial charge in [-0.2, -0.15) is 0 Å². The number of aryl methyl sites for hydroxylation is 2. The van der Waals surface area contributed by atoms with Crippen molar-refractivity contribution < 1.29 is 4.74 Å². The first-order valence-corrected chi connectivity index (χ1v) is 7.76. The number of aromatic nitrogens is 3. The molecule has 0 fully saturated rings. The summed E-state index contributed by atoms with van der Waals surface area (Å²) in [5.74, 6) is 0.891. The Kier molecular flexibility index (Phi) is 4.90. The zero-order valence-electron chi connectivity index (χ0n) is 13.3. The van der Waals surface area contributed by atoms with Crippen LogP contribution in [0.2, 0.25) is 0 Å². The van der Waals surface area contributed by atoms with Gasteiger partial charge in [0.2, 0.25) is 0 Å². The number of pyridine rings is 1. The third kappa shape index (κ3) is 4.22. The van der Waals surface area contributed by atoms with Gasteiger partial charge in [-0.25, -0.2) is 9.97 Å². The number of imidazole rings is 1.